The van der Waals surface area contributed by atoms with E-state index in [0.29, 0.717) is 29.8 Å². The molecular weight excluding hydrogens is 505 g/mol. The largest absolute Gasteiger partial charge is 1.00 e. The van der Waals surface area contributed by atoms with Crippen LogP contribution >= 0.6 is 0 Å². The van der Waals surface area contributed by atoms with Crippen LogP contribution < -0.4 is 44.3 Å². The number of anilines is 1. The van der Waals surface area contributed by atoms with Gasteiger partial charge in [-0.15, -0.1) is 0 Å². The van der Waals surface area contributed by atoms with E-state index in [1.807, 2.05) is 47.0 Å². The standard InChI is InChI=1S/C29H25N5O4.Na/c1-37-21-5-2-4-19(18-21)27-25(32-28-26(12-13-30-34(27)28)33-14-16-38-17-15-33)11-9-20-8-10-22-23(29(35)36)6-3-7-24(22)31-20;/h2-13,18H,14-17H2,1H3,(H,35,36);/q;+1/p-1/b11-9+;. The molecule has 0 amide bonds. The molecule has 0 saturated carbocycles. The Labute approximate surface area is 247 Å². The molecule has 5 aromatic rings. The summed E-state index contributed by atoms with van der Waals surface area (Å²) in [6.07, 6.45) is 5.56. The minimum absolute atomic E-state index is 0. The first-order chi connectivity index (χ1) is 18.6. The molecule has 2 aromatic carbocycles. The van der Waals surface area contributed by atoms with Crippen molar-refractivity contribution in [3.63, 3.8) is 0 Å². The Morgan fingerprint density at radius 3 is 2.64 bits per heavy atom. The second-order valence-electron chi connectivity index (χ2n) is 8.86. The zero-order valence-electron chi connectivity index (χ0n) is 21.7. The van der Waals surface area contributed by atoms with Crippen LogP contribution in [0, 0.1) is 0 Å². The van der Waals surface area contributed by atoms with Gasteiger partial charge in [0.1, 0.15) is 11.4 Å². The normalized spacial score (nSPS) is 13.6. The summed E-state index contributed by atoms with van der Waals surface area (Å²) in [5.74, 6) is -0.492. The fraction of sp³-hybridized carbons (Fsp3) is 0.172. The topological polar surface area (TPSA) is 105 Å². The number of pyridine rings is 1. The molecule has 0 spiro atoms. The minimum atomic E-state index is -1.23. The van der Waals surface area contributed by atoms with Crippen molar-refractivity contribution in [2.75, 3.05) is 38.3 Å². The molecule has 0 atom stereocenters. The third kappa shape index (κ3) is 5.26. The van der Waals surface area contributed by atoms with Crippen molar-refractivity contribution in [1.82, 2.24) is 19.6 Å². The van der Waals surface area contributed by atoms with Gasteiger partial charge in [0.15, 0.2) is 5.65 Å². The van der Waals surface area contributed by atoms with Crippen molar-refractivity contribution < 1.29 is 48.9 Å². The molecule has 4 heterocycles. The summed E-state index contributed by atoms with van der Waals surface area (Å²) < 4.78 is 12.9. The number of hydrogen-bond acceptors (Lipinski definition) is 8. The molecule has 10 heteroatoms. The van der Waals surface area contributed by atoms with Crippen LogP contribution in [0.25, 0.3) is 40.0 Å². The van der Waals surface area contributed by atoms with E-state index in [0.717, 1.165) is 47.1 Å². The van der Waals surface area contributed by atoms with Crippen LogP contribution in [-0.2, 0) is 4.74 Å². The van der Waals surface area contributed by atoms with Crippen LogP contribution in [0.15, 0.2) is 66.9 Å². The van der Waals surface area contributed by atoms with E-state index >= 15 is 0 Å². The summed E-state index contributed by atoms with van der Waals surface area (Å²) in [5.41, 5.74) is 5.56. The number of nitrogens with zero attached hydrogens (tertiary/aromatic N) is 5. The number of ether oxygens (including phenoxy) is 2. The fourth-order valence-corrected chi connectivity index (χ4v) is 4.77. The Hall–Kier alpha value is -3.76. The van der Waals surface area contributed by atoms with E-state index in [1.54, 1.807) is 37.6 Å². The van der Waals surface area contributed by atoms with Gasteiger partial charge in [-0.25, -0.2) is 14.5 Å². The fourth-order valence-electron chi connectivity index (χ4n) is 4.77. The molecule has 0 radical (unpaired) electrons. The number of benzene rings is 2. The summed E-state index contributed by atoms with van der Waals surface area (Å²) in [5, 5.41) is 16.7. The van der Waals surface area contributed by atoms with Gasteiger partial charge in [0.25, 0.3) is 0 Å². The Kier molecular flexibility index (Phi) is 7.94. The smallest absolute Gasteiger partial charge is 0.545 e. The Bertz CT molecular complexity index is 1690. The number of carbonyl (C=O) groups is 1. The first kappa shape index (κ1) is 26.8. The van der Waals surface area contributed by atoms with Crippen molar-refractivity contribution in [2.45, 2.75) is 0 Å². The SMILES string of the molecule is COc1cccc(-c2c(/C=C/c3ccc4c(C(=O)[O-])cccc4n3)nc3c(N4CCOCC4)ccnn23)c1.[Na+]. The van der Waals surface area contributed by atoms with Gasteiger partial charge in [0.2, 0.25) is 0 Å². The van der Waals surface area contributed by atoms with Crippen molar-refractivity contribution in [1.29, 1.82) is 0 Å². The molecule has 39 heavy (non-hydrogen) atoms. The molecule has 1 fully saturated rings. The van der Waals surface area contributed by atoms with Crippen LogP contribution in [0.5, 0.6) is 5.75 Å². The van der Waals surface area contributed by atoms with E-state index in [1.165, 1.54) is 6.07 Å². The van der Waals surface area contributed by atoms with E-state index in [2.05, 4.69) is 15.0 Å². The maximum absolute atomic E-state index is 11.5. The minimum Gasteiger partial charge on any atom is -0.545 e. The first-order valence-corrected chi connectivity index (χ1v) is 12.3. The molecule has 6 rings (SSSR count). The first-order valence-electron chi connectivity index (χ1n) is 12.3. The number of methoxy groups -OCH3 is 1. The van der Waals surface area contributed by atoms with Crippen LogP contribution in [0.4, 0.5) is 5.69 Å². The van der Waals surface area contributed by atoms with Gasteiger partial charge in [0, 0.05) is 29.6 Å². The number of rotatable bonds is 6. The van der Waals surface area contributed by atoms with E-state index < -0.39 is 5.97 Å². The summed E-state index contributed by atoms with van der Waals surface area (Å²) in [4.78, 5) is 23.4. The molecule has 0 N–H and O–H groups in total. The van der Waals surface area contributed by atoms with Crippen LogP contribution in [0.3, 0.4) is 0 Å². The molecule has 0 aliphatic carbocycles. The number of morpholine rings is 1. The maximum Gasteiger partial charge on any atom is 1.00 e. The predicted molar refractivity (Wildman–Crippen MR) is 143 cm³/mol. The van der Waals surface area contributed by atoms with Crippen LogP contribution in [0.1, 0.15) is 21.7 Å². The number of imidazole rings is 1. The van der Waals surface area contributed by atoms with Gasteiger partial charge in [-0.05, 0) is 42.5 Å². The molecule has 3 aromatic heterocycles. The molecule has 9 nitrogen and oxygen atoms in total. The van der Waals surface area contributed by atoms with Gasteiger partial charge >= 0.3 is 29.6 Å². The third-order valence-electron chi connectivity index (χ3n) is 6.61. The number of aromatic carboxylic acids is 1. The van der Waals surface area contributed by atoms with Crippen molar-refractivity contribution in [2.24, 2.45) is 0 Å². The number of aromatic nitrogens is 4. The zero-order chi connectivity index (χ0) is 26.1. The number of carboxylic acid groups (broad SMARTS) is 1. The zero-order valence-corrected chi connectivity index (χ0v) is 23.7. The van der Waals surface area contributed by atoms with Crippen LogP contribution in [0.2, 0.25) is 0 Å². The average molecular weight is 530 g/mol. The summed E-state index contributed by atoms with van der Waals surface area (Å²) in [7, 11) is 1.64. The Morgan fingerprint density at radius 2 is 1.85 bits per heavy atom. The predicted octanol–water partition coefficient (Wildman–Crippen LogP) is 0.328. The number of fused-ring (bicyclic) bond motifs is 2. The van der Waals surface area contributed by atoms with Gasteiger partial charge < -0.3 is 24.3 Å². The van der Waals surface area contributed by atoms with Crippen molar-refractivity contribution >= 4 is 40.4 Å². The summed E-state index contributed by atoms with van der Waals surface area (Å²) >= 11 is 0. The summed E-state index contributed by atoms with van der Waals surface area (Å²) in [6, 6.07) is 18.3. The van der Waals surface area contributed by atoms with Gasteiger partial charge in [-0.3, -0.25) is 0 Å². The van der Waals surface area contributed by atoms with Crippen molar-refractivity contribution in [3.8, 4) is 17.0 Å². The second kappa shape index (κ2) is 11.5. The van der Waals surface area contributed by atoms with Gasteiger partial charge in [0.05, 0.1) is 55.1 Å². The van der Waals surface area contributed by atoms with E-state index in [9.17, 15) is 9.90 Å². The van der Waals surface area contributed by atoms with Crippen molar-refractivity contribution in [3.05, 3.63) is 83.8 Å². The van der Waals surface area contributed by atoms with Gasteiger partial charge in [-0.1, -0.05) is 30.3 Å². The third-order valence-corrected chi connectivity index (χ3v) is 6.61. The summed E-state index contributed by atoms with van der Waals surface area (Å²) in [6.45, 7) is 2.89. The Balaban J connectivity index is 0.00000308. The van der Waals surface area contributed by atoms with Gasteiger partial charge in [-0.2, -0.15) is 5.10 Å². The van der Waals surface area contributed by atoms with E-state index in [-0.39, 0.29) is 35.1 Å². The molecule has 190 valence electrons. The maximum atomic E-state index is 11.5. The molecule has 1 aliphatic heterocycles. The average Bonchev–Trinajstić information content (AvgIpc) is 3.34. The Morgan fingerprint density at radius 1 is 1.03 bits per heavy atom. The molecule has 0 unspecified atom stereocenters. The number of hydrogen-bond donors (Lipinski definition) is 0. The molecule has 1 aliphatic rings. The molecular formula is C29H24N5NaO4. The molecule has 1 saturated heterocycles. The quantitative estimate of drug-likeness (QED) is 0.290. The van der Waals surface area contributed by atoms with E-state index in [4.69, 9.17) is 14.5 Å². The second-order valence-corrected chi connectivity index (χ2v) is 8.86. The molecule has 0 bridgehead atoms. The number of carbonyl (C=O) groups excluding carboxylic acids is 1. The monoisotopic (exact) mass is 529 g/mol. The van der Waals surface area contributed by atoms with Crippen LogP contribution in [-0.4, -0.2) is 59.0 Å². The number of carboxylic acids is 1.